The number of nitrogens with zero attached hydrogens (tertiary/aromatic N) is 1. The second-order valence-corrected chi connectivity index (χ2v) is 9.15. The van der Waals surface area contributed by atoms with E-state index in [0.29, 0.717) is 21.7 Å². The molecule has 6 nitrogen and oxygen atoms in total. The molecule has 0 aliphatic carbocycles. The number of halogens is 2. The van der Waals surface area contributed by atoms with Crippen LogP contribution in [0.2, 0.25) is 5.02 Å². The van der Waals surface area contributed by atoms with Gasteiger partial charge >= 0.3 is 6.03 Å². The standard InChI is InChI=1S/C20H29ClN4O2.ClH/c1-19(2,3)24-18(27)23-14-4-5-16(21)15(12-14)17(26)25-10-7-20(8-11-25)6-9-22-13-20;/h4-5,12,22H,6-11,13H2,1-3H3,(H2,23,24,27);1H. The summed E-state index contributed by atoms with van der Waals surface area (Å²) in [4.78, 5) is 26.9. The SMILES string of the molecule is CC(C)(C)NC(=O)Nc1ccc(Cl)c(C(=O)N2CCC3(CCNC3)CC2)c1.Cl. The topological polar surface area (TPSA) is 73.5 Å². The number of hydrogen-bond donors (Lipinski definition) is 3. The number of rotatable bonds is 2. The summed E-state index contributed by atoms with van der Waals surface area (Å²) in [6.07, 6.45) is 3.24. The molecule has 8 heteroatoms. The van der Waals surface area contributed by atoms with Crippen LogP contribution in [0.5, 0.6) is 0 Å². The molecule has 2 aliphatic heterocycles. The average molecular weight is 429 g/mol. The first-order chi connectivity index (χ1) is 12.7. The quantitative estimate of drug-likeness (QED) is 0.668. The van der Waals surface area contributed by atoms with Gasteiger partial charge in [0.2, 0.25) is 0 Å². The minimum absolute atomic E-state index is 0. The minimum Gasteiger partial charge on any atom is -0.339 e. The molecule has 2 aliphatic rings. The molecule has 28 heavy (non-hydrogen) atoms. The van der Waals surface area contributed by atoms with Gasteiger partial charge in [-0.25, -0.2) is 4.79 Å². The summed E-state index contributed by atoms with van der Waals surface area (Å²) in [6.45, 7) is 9.35. The van der Waals surface area contributed by atoms with Crippen molar-refractivity contribution in [3.8, 4) is 0 Å². The predicted molar refractivity (Wildman–Crippen MR) is 116 cm³/mol. The average Bonchev–Trinajstić information content (AvgIpc) is 3.03. The molecule has 0 aromatic heterocycles. The third kappa shape index (κ3) is 5.52. The van der Waals surface area contributed by atoms with Crippen LogP contribution in [0.25, 0.3) is 0 Å². The van der Waals surface area contributed by atoms with E-state index in [-0.39, 0.29) is 29.9 Å². The predicted octanol–water partition coefficient (Wildman–Crippen LogP) is 3.90. The molecule has 0 bridgehead atoms. The van der Waals surface area contributed by atoms with Gasteiger partial charge in [-0.15, -0.1) is 12.4 Å². The van der Waals surface area contributed by atoms with Gasteiger partial charge in [0, 0.05) is 30.9 Å². The van der Waals surface area contributed by atoms with Crippen molar-refractivity contribution in [2.45, 2.75) is 45.6 Å². The number of likely N-dealkylation sites (tertiary alicyclic amines) is 1. The molecule has 2 fully saturated rings. The first-order valence-corrected chi connectivity index (χ1v) is 9.94. The number of carbonyl (C=O) groups is 2. The maximum atomic E-state index is 13.0. The number of urea groups is 1. The molecule has 0 radical (unpaired) electrons. The molecule has 156 valence electrons. The number of hydrogen-bond acceptors (Lipinski definition) is 3. The number of nitrogens with one attached hydrogen (secondary N) is 3. The summed E-state index contributed by atoms with van der Waals surface area (Å²) in [7, 11) is 0. The molecule has 1 spiro atoms. The largest absolute Gasteiger partial charge is 0.339 e. The Bertz CT molecular complexity index is 717. The highest BCUT2D eigenvalue weighted by Crippen LogP contribution is 2.37. The lowest BCUT2D eigenvalue weighted by Crippen LogP contribution is -2.44. The number of benzene rings is 1. The van der Waals surface area contributed by atoms with Crippen LogP contribution in [-0.2, 0) is 0 Å². The molecule has 3 N–H and O–H groups in total. The molecule has 0 saturated carbocycles. The van der Waals surface area contributed by atoms with Gasteiger partial charge in [0.15, 0.2) is 0 Å². The van der Waals surface area contributed by atoms with Gasteiger partial charge in [-0.3, -0.25) is 4.79 Å². The summed E-state index contributed by atoms with van der Waals surface area (Å²) in [6, 6.07) is 4.72. The molecule has 0 atom stereocenters. The Morgan fingerprint density at radius 2 is 1.86 bits per heavy atom. The smallest absolute Gasteiger partial charge is 0.319 e. The van der Waals surface area contributed by atoms with E-state index in [1.807, 2.05) is 25.7 Å². The van der Waals surface area contributed by atoms with Gasteiger partial charge in [-0.1, -0.05) is 11.6 Å². The Hall–Kier alpha value is -1.50. The van der Waals surface area contributed by atoms with Crippen LogP contribution in [0.1, 0.15) is 50.4 Å². The highest BCUT2D eigenvalue weighted by atomic mass is 35.5. The van der Waals surface area contributed by atoms with Gasteiger partial charge < -0.3 is 20.9 Å². The van der Waals surface area contributed by atoms with E-state index in [0.717, 1.165) is 39.0 Å². The summed E-state index contributed by atoms with van der Waals surface area (Å²) in [5, 5.41) is 9.46. The van der Waals surface area contributed by atoms with Crippen molar-refractivity contribution >= 4 is 41.6 Å². The fourth-order valence-electron chi connectivity index (χ4n) is 3.85. The van der Waals surface area contributed by atoms with Crippen LogP contribution in [0, 0.1) is 5.41 Å². The van der Waals surface area contributed by atoms with Crippen molar-refractivity contribution in [1.29, 1.82) is 0 Å². The van der Waals surface area contributed by atoms with Crippen molar-refractivity contribution in [2.75, 3.05) is 31.5 Å². The second-order valence-electron chi connectivity index (χ2n) is 8.74. The number of carbonyl (C=O) groups excluding carboxylic acids is 2. The number of amides is 3. The van der Waals surface area contributed by atoms with Gasteiger partial charge in [0.1, 0.15) is 0 Å². The zero-order valence-corrected chi connectivity index (χ0v) is 18.3. The van der Waals surface area contributed by atoms with Crippen molar-refractivity contribution in [2.24, 2.45) is 5.41 Å². The van der Waals surface area contributed by atoms with E-state index < -0.39 is 0 Å². The Morgan fingerprint density at radius 1 is 1.18 bits per heavy atom. The van der Waals surface area contributed by atoms with Crippen LogP contribution < -0.4 is 16.0 Å². The van der Waals surface area contributed by atoms with Crippen LogP contribution in [0.3, 0.4) is 0 Å². The van der Waals surface area contributed by atoms with E-state index in [1.165, 1.54) is 6.42 Å². The minimum atomic E-state index is -0.339. The molecule has 3 rings (SSSR count). The molecule has 2 saturated heterocycles. The number of anilines is 1. The molecule has 1 aromatic rings. The fourth-order valence-corrected chi connectivity index (χ4v) is 4.05. The normalized spacial score (nSPS) is 18.5. The lowest BCUT2D eigenvalue weighted by atomic mass is 9.78. The highest BCUT2D eigenvalue weighted by molar-refractivity contribution is 6.34. The Labute approximate surface area is 178 Å². The van der Waals surface area contributed by atoms with E-state index in [2.05, 4.69) is 16.0 Å². The Kier molecular flexibility index (Phi) is 7.23. The van der Waals surface area contributed by atoms with Gasteiger partial charge in [0.05, 0.1) is 10.6 Å². The second kappa shape index (κ2) is 8.89. The first kappa shape index (κ1) is 22.8. The molecule has 0 unspecified atom stereocenters. The monoisotopic (exact) mass is 428 g/mol. The third-order valence-electron chi connectivity index (χ3n) is 5.39. The van der Waals surface area contributed by atoms with Gasteiger partial charge in [0.25, 0.3) is 5.91 Å². The Morgan fingerprint density at radius 3 is 2.43 bits per heavy atom. The molecule has 1 aromatic carbocycles. The lowest BCUT2D eigenvalue weighted by molar-refractivity contribution is 0.0608. The van der Waals surface area contributed by atoms with Crippen molar-refractivity contribution in [1.82, 2.24) is 15.5 Å². The van der Waals surface area contributed by atoms with Gasteiger partial charge in [-0.05, 0) is 70.2 Å². The fraction of sp³-hybridized carbons (Fsp3) is 0.600. The molecule has 3 amide bonds. The van der Waals surface area contributed by atoms with E-state index >= 15 is 0 Å². The van der Waals surface area contributed by atoms with Crippen molar-refractivity contribution in [3.05, 3.63) is 28.8 Å². The molecular weight excluding hydrogens is 399 g/mol. The molecule has 2 heterocycles. The zero-order valence-electron chi connectivity index (χ0n) is 16.7. The van der Waals surface area contributed by atoms with Crippen LogP contribution in [0.15, 0.2) is 18.2 Å². The van der Waals surface area contributed by atoms with E-state index in [4.69, 9.17) is 11.6 Å². The van der Waals surface area contributed by atoms with Gasteiger partial charge in [-0.2, -0.15) is 0 Å². The highest BCUT2D eigenvalue weighted by Gasteiger charge is 2.38. The number of piperidine rings is 1. The third-order valence-corrected chi connectivity index (χ3v) is 5.72. The van der Waals surface area contributed by atoms with E-state index in [1.54, 1.807) is 18.2 Å². The van der Waals surface area contributed by atoms with Crippen molar-refractivity contribution in [3.63, 3.8) is 0 Å². The zero-order chi connectivity index (χ0) is 19.7. The van der Waals surface area contributed by atoms with Crippen molar-refractivity contribution < 1.29 is 9.59 Å². The molecular formula is C20H30Cl2N4O2. The summed E-state index contributed by atoms with van der Waals surface area (Å²) >= 11 is 6.29. The summed E-state index contributed by atoms with van der Waals surface area (Å²) < 4.78 is 0. The maximum Gasteiger partial charge on any atom is 0.319 e. The first-order valence-electron chi connectivity index (χ1n) is 9.56. The van der Waals surface area contributed by atoms with E-state index in [9.17, 15) is 9.59 Å². The summed E-state index contributed by atoms with van der Waals surface area (Å²) in [5.74, 6) is -0.0688. The van der Waals surface area contributed by atoms with Crippen LogP contribution >= 0.6 is 24.0 Å². The van der Waals surface area contributed by atoms with Crippen LogP contribution in [-0.4, -0.2) is 48.6 Å². The van der Waals surface area contributed by atoms with Crippen LogP contribution in [0.4, 0.5) is 10.5 Å². The Balaban J connectivity index is 0.00000280. The maximum absolute atomic E-state index is 13.0. The summed E-state index contributed by atoms with van der Waals surface area (Å²) in [5.41, 5.74) is 1.01. The lowest BCUT2D eigenvalue weighted by Gasteiger charge is -2.39.